The average molecular weight is 310 g/mol. The van der Waals surface area contributed by atoms with E-state index in [1.54, 1.807) is 0 Å². The summed E-state index contributed by atoms with van der Waals surface area (Å²) in [6.07, 6.45) is 7.25. The summed E-state index contributed by atoms with van der Waals surface area (Å²) in [4.78, 5) is 29.7. The molecule has 3 aliphatic rings. The Labute approximate surface area is 131 Å². The summed E-state index contributed by atoms with van der Waals surface area (Å²) in [5, 5.41) is 0.646. The number of rotatable bonds is 3. The van der Waals surface area contributed by atoms with Gasteiger partial charge in [0.2, 0.25) is 11.8 Å². The van der Waals surface area contributed by atoms with Crippen LogP contribution in [0.5, 0.6) is 0 Å². The van der Waals surface area contributed by atoms with Gasteiger partial charge in [0.25, 0.3) is 0 Å². The number of nitrogens with zero attached hydrogens (tertiary/aromatic N) is 2. The number of carbonyl (C=O) groups is 2. The van der Waals surface area contributed by atoms with Gasteiger partial charge >= 0.3 is 0 Å². The van der Waals surface area contributed by atoms with Crippen molar-refractivity contribution in [3.8, 4) is 0 Å². The van der Waals surface area contributed by atoms with Crippen molar-refractivity contribution < 1.29 is 9.59 Å². The number of carbonyl (C=O) groups excluding carboxylic acids is 2. The fourth-order valence-corrected chi connectivity index (χ4v) is 5.07. The summed E-state index contributed by atoms with van der Waals surface area (Å²) >= 11 is 1.90. The zero-order valence-electron chi connectivity index (χ0n) is 13.2. The normalized spacial score (nSPS) is 36.8. The number of fused-ring (bicyclic) bond motifs is 1. The lowest BCUT2D eigenvalue weighted by atomic mass is 9.93. The summed E-state index contributed by atoms with van der Waals surface area (Å²) in [5.41, 5.74) is 0. The molecule has 0 aromatic heterocycles. The molecule has 0 N–H and O–H groups in total. The van der Waals surface area contributed by atoms with E-state index in [1.165, 1.54) is 6.42 Å². The van der Waals surface area contributed by atoms with E-state index < -0.39 is 0 Å². The molecule has 4 nitrogen and oxygen atoms in total. The summed E-state index contributed by atoms with van der Waals surface area (Å²) in [6.45, 7) is 4.91. The van der Waals surface area contributed by atoms with Gasteiger partial charge in [-0.2, -0.15) is 11.8 Å². The van der Waals surface area contributed by atoms with Crippen molar-refractivity contribution in [1.29, 1.82) is 0 Å². The number of amides is 2. The lowest BCUT2D eigenvalue weighted by molar-refractivity contribution is -0.164. The molecule has 1 aliphatic carbocycles. The average Bonchev–Trinajstić information content (AvgIpc) is 3.10. The van der Waals surface area contributed by atoms with Crippen LogP contribution in [0.4, 0.5) is 0 Å². The second kappa shape index (κ2) is 5.82. The van der Waals surface area contributed by atoms with Crippen molar-refractivity contribution in [2.45, 2.75) is 69.3 Å². The summed E-state index contributed by atoms with van der Waals surface area (Å²) in [7, 11) is 0. The van der Waals surface area contributed by atoms with Crippen molar-refractivity contribution in [3.63, 3.8) is 0 Å². The maximum absolute atomic E-state index is 13.0. The minimum atomic E-state index is -0.238. The Balaban J connectivity index is 1.88. The van der Waals surface area contributed by atoms with E-state index >= 15 is 0 Å². The van der Waals surface area contributed by atoms with Gasteiger partial charge in [-0.3, -0.25) is 9.59 Å². The highest BCUT2D eigenvalue weighted by Gasteiger charge is 2.51. The van der Waals surface area contributed by atoms with Crippen LogP contribution in [0.2, 0.25) is 0 Å². The van der Waals surface area contributed by atoms with Crippen LogP contribution >= 0.6 is 11.8 Å². The van der Waals surface area contributed by atoms with Gasteiger partial charge in [-0.15, -0.1) is 0 Å². The molecular weight excluding hydrogens is 284 g/mol. The maximum Gasteiger partial charge on any atom is 0.246 e. The molecule has 0 aromatic carbocycles. The van der Waals surface area contributed by atoms with E-state index in [2.05, 4.69) is 20.1 Å². The van der Waals surface area contributed by atoms with E-state index in [0.29, 0.717) is 5.25 Å². The van der Waals surface area contributed by atoms with Gasteiger partial charge in [0.05, 0.1) is 0 Å². The van der Waals surface area contributed by atoms with E-state index in [1.807, 2.05) is 21.6 Å². The molecule has 0 bridgehead atoms. The third-order valence-electron chi connectivity index (χ3n) is 5.34. The first-order chi connectivity index (χ1) is 10.0. The lowest BCUT2D eigenvalue weighted by Gasteiger charge is -2.46. The predicted molar refractivity (Wildman–Crippen MR) is 85.1 cm³/mol. The molecule has 0 aromatic rings. The fraction of sp³-hybridized carbons (Fsp3) is 0.875. The van der Waals surface area contributed by atoms with Gasteiger partial charge in [-0.1, -0.05) is 13.8 Å². The van der Waals surface area contributed by atoms with E-state index in [-0.39, 0.29) is 35.9 Å². The number of piperazine rings is 1. The minimum Gasteiger partial charge on any atom is -0.329 e. The topological polar surface area (TPSA) is 40.6 Å². The van der Waals surface area contributed by atoms with Gasteiger partial charge in [0.1, 0.15) is 12.1 Å². The molecule has 21 heavy (non-hydrogen) atoms. The summed E-state index contributed by atoms with van der Waals surface area (Å²) < 4.78 is 0. The van der Waals surface area contributed by atoms with Crippen LogP contribution in [0.1, 0.15) is 46.0 Å². The van der Waals surface area contributed by atoms with Crippen molar-refractivity contribution in [2.75, 3.05) is 12.8 Å². The maximum atomic E-state index is 13.0. The Morgan fingerprint density at radius 1 is 1.14 bits per heavy atom. The van der Waals surface area contributed by atoms with Crippen LogP contribution in [0, 0.1) is 5.92 Å². The molecule has 118 valence electrons. The van der Waals surface area contributed by atoms with Crippen LogP contribution in [0.3, 0.4) is 0 Å². The molecular formula is C16H26N2O2S. The molecule has 2 aliphatic heterocycles. The van der Waals surface area contributed by atoms with E-state index in [0.717, 1.165) is 32.2 Å². The van der Waals surface area contributed by atoms with E-state index in [9.17, 15) is 9.59 Å². The molecule has 2 amide bonds. The molecule has 2 heterocycles. The smallest absolute Gasteiger partial charge is 0.246 e. The Morgan fingerprint density at radius 2 is 1.90 bits per heavy atom. The molecule has 3 fully saturated rings. The first-order valence-corrected chi connectivity index (χ1v) is 9.48. The van der Waals surface area contributed by atoms with Crippen molar-refractivity contribution >= 4 is 23.6 Å². The quantitative estimate of drug-likeness (QED) is 0.802. The molecule has 4 atom stereocenters. The van der Waals surface area contributed by atoms with E-state index in [4.69, 9.17) is 0 Å². The number of hydrogen-bond donors (Lipinski definition) is 0. The molecule has 5 heteroatoms. The van der Waals surface area contributed by atoms with Crippen LogP contribution in [0.15, 0.2) is 0 Å². The lowest BCUT2D eigenvalue weighted by Crippen LogP contribution is -2.66. The Morgan fingerprint density at radius 3 is 2.52 bits per heavy atom. The highest BCUT2D eigenvalue weighted by Crippen LogP contribution is 2.38. The standard InChI is InChI=1S/C16H26N2O2S/c1-10(2)14-16(20)17-8-4-5-13(17)15(19)18(14)11-6-7-12(9-11)21-3/h10-14H,4-9H2,1-3H3. The first kappa shape index (κ1) is 15.2. The summed E-state index contributed by atoms with van der Waals surface area (Å²) in [6, 6.07) is -0.132. The van der Waals surface area contributed by atoms with Gasteiger partial charge < -0.3 is 9.80 Å². The van der Waals surface area contributed by atoms with Crippen LogP contribution in [-0.4, -0.2) is 57.8 Å². The third kappa shape index (κ3) is 2.47. The SMILES string of the molecule is CSC1CCC(N2C(=O)C3CCCN3C(=O)C2C(C)C)C1. The zero-order chi connectivity index (χ0) is 15.1. The van der Waals surface area contributed by atoms with Gasteiger partial charge in [-0.05, 0) is 44.3 Å². The highest BCUT2D eigenvalue weighted by molar-refractivity contribution is 7.99. The second-order valence-electron chi connectivity index (χ2n) is 6.95. The molecule has 2 saturated heterocycles. The third-order valence-corrected chi connectivity index (χ3v) is 6.44. The first-order valence-electron chi connectivity index (χ1n) is 8.20. The largest absolute Gasteiger partial charge is 0.329 e. The Kier molecular flexibility index (Phi) is 4.21. The van der Waals surface area contributed by atoms with Crippen molar-refractivity contribution in [1.82, 2.24) is 9.80 Å². The van der Waals surface area contributed by atoms with Gasteiger partial charge in [0, 0.05) is 17.8 Å². The zero-order valence-corrected chi connectivity index (χ0v) is 14.1. The Bertz CT molecular complexity index is 440. The van der Waals surface area contributed by atoms with Crippen LogP contribution < -0.4 is 0 Å². The number of thioether (sulfide) groups is 1. The predicted octanol–water partition coefficient (Wildman–Crippen LogP) is 2.13. The van der Waals surface area contributed by atoms with Crippen molar-refractivity contribution in [2.24, 2.45) is 5.92 Å². The molecule has 0 radical (unpaired) electrons. The minimum absolute atomic E-state index is 0.166. The molecule has 1 saturated carbocycles. The monoisotopic (exact) mass is 310 g/mol. The Hall–Kier alpha value is -0.710. The fourth-order valence-electron chi connectivity index (χ4n) is 4.28. The highest BCUT2D eigenvalue weighted by atomic mass is 32.2. The van der Waals surface area contributed by atoms with Crippen molar-refractivity contribution in [3.05, 3.63) is 0 Å². The molecule has 0 spiro atoms. The van der Waals surface area contributed by atoms with Crippen LogP contribution in [-0.2, 0) is 9.59 Å². The van der Waals surface area contributed by atoms with Crippen LogP contribution in [0.25, 0.3) is 0 Å². The summed E-state index contributed by atoms with van der Waals surface area (Å²) in [5.74, 6) is 0.605. The van der Waals surface area contributed by atoms with Gasteiger partial charge in [-0.25, -0.2) is 0 Å². The number of hydrogen-bond acceptors (Lipinski definition) is 3. The second-order valence-corrected chi connectivity index (χ2v) is 8.09. The van der Waals surface area contributed by atoms with Gasteiger partial charge in [0.15, 0.2) is 0 Å². The molecule has 3 rings (SSSR count). The molecule has 4 unspecified atom stereocenters.